The Morgan fingerprint density at radius 3 is 2.69 bits per heavy atom. The topological polar surface area (TPSA) is 62.6 Å². The number of furan rings is 1. The minimum atomic E-state index is -4.58. The molecule has 0 radical (unpaired) electrons. The van der Waals surface area contributed by atoms with Crippen LogP contribution in [0.5, 0.6) is 0 Å². The van der Waals surface area contributed by atoms with E-state index in [9.17, 15) is 22.8 Å². The highest BCUT2D eigenvalue weighted by molar-refractivity contribution is 7.99. The molecule has 1 atom stereocenters. The number of hydrogen-bond donors (Lipinski definition) is 1. The number of rotatable bonds is 4. The number of hydrogen-bond acceptors (Lipinski definition) is 4. The van der Waals surface area contributed by atoms with E-state index in [1.807, 2.05) is 12.1 Å². The van der Waals surface area contributed by atoms with Gasteiger partial charge in [0, 0.05) is 11.3 Å². The van der Waals surface area contributed by atoms with Crippen molar-refractivity contribution in [3.8, 4) is 0 Å². The average Bonchev–Trinajstić information content (AvgIpc) is 3.23. The Labute approximate surface area is 190 Å². The fourth-order valence-corrected chi connectivity index (χ4v) is 4.72. The van der Waals surface area contributed by atoms with Crippen molar-refractivity contribution in [2.24, 2.45) is 0 Å². The summed E-state index contributed by atoms with van der Waals surface area (Å²) in [5, 5.41) is 2.08. The highest BCUT2D eigenvalue weighted by Crippen LogP contribution is 2.45. The zero-order chi connectivity index (χ0) is 22.9. The summed E-state index contributed by atoms with van der Waals surface area (Å²) in [7, 11) is 0. The molecule has 0 saturated carbocycles. The molecule has 0 fully saturated rings. The van der Waals surface area contributed by atoms with E-state index in [2.05, 4.69) is 5.32 Å². The molecule has 1 aromatic heterocycles. The molecule has 0 aliphatic carbocycles. The molecule has 2 heterocycles. The standard InChI is InChI=1S/C22H16ClF3N2O3S/c23-14-8-7-13(22(24,25)26)10-15(14)27-20(29)12-28-16-4-1-2-6-18(16)32-19(11-21(28)30)17-5-3-9-31-17/h1-10,19H,11-12H2,(H,27,29)/t19-/m1/s1. The molecule has 2 aromatic carbocycles. The Kier molecular flexibility index (Phi) is 6.21. The molecule has 0 saturated heterocycles. The predicted molar refractivity (Wildman–Crippen MR) is 116 cm³/mol. The third-order valence-corrected chi connectivity index (χ3v) is 6.43. The molecule has 0 bridgehead atoms. The van der Waals surface area contributed by atoms with Gasteiger partial charge in [0.2, 0.25) is 11.8 Å². The third-order valence-electron chi connectivity index (χ3n) is 4.82. The van der Waals surface area contributed by atoms with Crippen LogP contribution in [0.3, 0.4) is 0 Å². The lowest BCUT2D eigenvalue weighted by atomic mass is 10.2. The minimum absolute atomic E-state index is 0.0395. The van der Waals surface area contributed by atoms with Gasteiger partial charge in [0.1, 0.15) is 12.3 Å². The van der Waals surface area contributed by atoms with E-state index in [1.165, 1.54) is 22.9 Å². The molecule has 2 amide bonds. The number of alkyl halides is 3. The van der Waals surface area contributed by atoms with Gasteiger partial charge in [-0.15, -0.1) is 11.8 Å². The van der Waals surface area contributed by atoms with E-state index in [4.69, 9.17) is 16.0 Å². The summed E-state index contributed by atoms with van der Waals surface area (Å²) in [4.78, 5) is 27.8. The lowest BCUT2D eigenvalue weighted by Gasteiger charge is -2.22. The maximum absolute atomic E-state index is 13.0. The first-order valence-corrected chi connectivity index (χ1v) is 10.7. The van der Waals surface area contributed by atoms with E-state index in [1.54, 1.807) is 24.3 Å². The predicted octanol–water partition coefficient (Wildman–Crippen LogP) is 6.16. The van der Waals surface area contributed by atoms with E-state index in [-0.39, 0.29) is 34.8 Å². The summed E-state index contributed by atoms with van der Waals surface area (Å²) in [5.41, 5.74) is -0.571. The molecule has 1 aliphatic rings. The molecule has 166 valence electrons. The first kappa shape index (κ1) is 22.3. The number of nitrogens with one attached hydrogen (secondary N) is 1. The molecule has 4 rings (SSSR count). The van der Waals surface area contributed by atoms with Crippen LogP contribution in [0.2, 0.25) is 5.02 Å². The Balaban J connectivity index is 1.57. The van der Waals surface area contributed by atoms with Crippen LogP contribution in [0.15, 0.2) is 70.2 Å². The van der Waals surface area contributed by atoms with Gasteiger partial charge >= 0.3 is 6.18 Å². The minimum Gasteiger partial charge on any atom is -0.468 e. The molecule has 0 unspecified atom stereocenters. The Morgan fingerprint density at radius 1 is 1.19 bits per heavy atom. The van der Waals surface area contributed by atoms with Crippen LogP contribution in [0, 0.1) is 0 Å². The summed E-state index contributed by atoms with van der Waals surface area (Å²) in [5.74, 6) is -0.342. The molecule has 10 heteroatoms. The van der Waals surface area contributed by atoms with Gasteiger partial charge < -0.3 is 14.6 Å². The molecule has 1 aliphatic heterocycles. The van der Waals surface area contributed by atoms with Crippen LogP contribution in [-0.2, 0) is 15.8 Å². The van der Waals surface area contributed by atoms with Crippen molar-refractivity contribution in [1.82, 2.24) is 0 Å². The summed E-state index contributed by atoms with van der Waals surface area (Å²) in [6, 6.07) is 13.3. The third kappa shape index (κ3) is 4.78. The van der Waals surface area contributed by atoms with Crippen molar-refractivity contribution in [2.75, 3.05) is 16.8 Å². The van der Waals surface area contributed by atoms with E-state index in [0.29, 0.717) is 11.4 Å². The lowest BCUT2D eigenvalue weighted by molar-refractivity contribution is -0.137. The number of anilines is 2. The van der Waals surface area contributed by atoms with Gasteiger partial charge in [0.15, 0.2) is 0 Å². The first-order valence-electron chi connectivity index (χ1n) is 9.48. The SMILES string of the molecule is O=C(CN1C(=O)C[C@H](c2ccco2)Sc2ccccc21)Nc1cc(C(F)(F)F)ccc1Cl. The monoisotopic (exact) mass is 480 g/mol. The molecular weight excluding hydrogens is 465 g/mol. The van der Waals surface area contributed by atoms with Crippen LogP contribution in [0.4, 0.5) is 24.5 Å². The highest BCUT2D eigenvalue weighted by Gasteiger charge is 2.33. The highest BCUT2D eigenvalue weighted by atomic mass is 35.5. The molecule has 3 aromatic rings. The fourth-order valence-electron chi connectivity index (χ4n) is 3.32. The largest absolute Gasteiger partial charge is 0.468 e. The Morgan fingerprint density at radius 2 is 1.97 bits per heavy atom. The fraction of sp³-hybridized carbons (Fsp3) is 0.182. The zero-order valence-electron chi connectivity index (χ0n) is 16.4. The molecular formula is C22H16ClF3N2O3S. The second kappa shape index (κ2) is 8.91. The number of benzene rings is 2. The lowest BCUT2D eigenvalue weighted by Crippen LogP contribution is -2.38. The van der Waals surface area contributed by atoms with Crippen LogP contribution in [0.1, 0.15) is 23.0 Å². The van der Waals surface area contributed by atoms with E-state index >= 15 is 0 Å². The normalized spacial score (nSPS) is 16.4. The number of fused-ring (bicyclic) bond motifs is 1. The molecule has 32 heavy (non-hydrogen) atoms. The summed E-state index contributed by atoms with van der Waals surface area (Å²) < 4.78 is 44.5. The molecule has 1 N–H and O–H groups in total. The molecule has 0 spiro atoms. The number of carbonyl (C=O) groups is 2. The van der Waals surface area contributed by atoms with Crippen LogP contribution < -0.4 is 10.2 Å². The van der Waals surface area contributed by atoms with Crippen molar-refractivity contribution >= 4 is 46.6 Å². The van der Waals surface area contributed by atoms with Gasteiger partial charge in [0.05, 0.1) is 33.5 Å². The summed E-state index contributed by atoms with van der Waals surface area (Å²) in [6.45, 7) is -0.381. The zero-order valence-corrected chi connectivity index (χ0v) is 17.9. The Hall–Kier alpha value is -2.91. The van der Waals surface area contributed by atoms with Crippen molar-refractivity contribution in [2.45, 2.75) is 22.7 Å². The van der Waals surface area contributed by atoms with Gasteiger partial charge in [0.25, 0.3) is 0 Å². The second-order valence-electron chi connectivity index (χ2n) is 7.01. The van der Waals surface area contributed by atoms with Crippen LogP contribution in [-0.4, -0.2) is 18.4 Å². The number of thioether (sulfide) groups is 1. The number of para-hydroxylation sites is 1. The van der Waals surface area contributed by atoms with Crippen molar-refractivity contribution in [3.63, 3.8) is 0 Å². The van der Waals surface area contributed by atoms with E-state index < -0.39 is 17.6 Å². The summed E-state index contributed by atoms with van der Waals surface area (Å²) in [6.07, 6.45) is -2.96. The number of nitrogens with zero attached hydrogens (tertiary/aromatic N) is 1. The maximum Gasteiger partial charge on any atom is 0.416 e. The second-order valence-corrected chi connectivity index (χ2v) is 8.67. The number of halogens is 4. The summed E-state index contributed by atoms with van der Waals surface area (Å²) >= 11 is 7.42. The first-order chi connectivity index (χ1) is 15.2. The van der Waals surface area contributed by atoms with Crippen molar-refractivity contribution in [3.05, 3.63) is 77.2 Å². The number of amides is 2. The number of carbonyl (C=O) groups excluding carboxylic acids is 2. The quantitative estimate of drug-likeness (QED) is 0.485. The van der Waals surface area contributed by atoms with Gasteiger partial charge in [-0.25, -0.2) is 0 Å². The van der Waals surface area contributed by atoms with Gasteiger partial charge in [-0.05, 0) is 42.5 Å². The van der Waals surface area contributed by atoms with Crippen molar-refractivity contribution < 1.29 is 27.2 Å². The smallest absolute Gasteiger partial charge is 0.416 e. The van der Waals surface area contributed by atoms with E-state index in [0.717, 1.165) is 23.1 Å². The maximum atomic E-state index is 13.0. The van der Waals surface area contributed by atoms with Crippen LogP contribution >= 0.6 is 23.4 Å². The van der Waals surface area contributed by atoms with Gasteiger partial charge in [-0.2, -0.15) is 13.2 Å². The molecule has 5 nitrogen and oxygen atoms in total. The van der Waals surface area contributed by atoms with Crippen LogP contribution in [0.25, 0.3) is 0 Å². The van der Waals surface area contributed by atoms with Crippen molar-refractivity contribution in [1.29, 1.82) is 0 Å². The Bertz CT molecular complexity index is 1150. The van der Waals surface area contributed by atoms with Gasteiger partial charge in [-0.1, -0.05) is 23.7 Å². The average molecular weight is 481 g/mol. The van der Waals surface area contributed by atoms with Gasteiger partial charge in [-0.3, -0.25) is 9.59 Å².